The molecule has 0 bridgehead atoms. The molecule has 0 radical (unpaired) electrons. The number of amides is 1. The number of carbonyl (C=O) groups is 1. The van der Waals surface area contributed by atoms with Crippen molar-refractivity contribution in [1.82, 2.24) is 16.0 Å². The fourth-order valence-electron chi connectivity index (χ4n) is 4.28. The number of sulfone groups is 1. The Morgan fingerprint density at radius 3 is 2.61 bits per heavy atom. The highest BCUT2D eigenvalue weighted by molar-refractivity contribution is 7.91. The van der Waals surface area contributed by atoms with Crippen LogP contribution in [0.1, 0.15) is 24.0 Å². The average Bonchev–Trinajstić information content (AvgIpc) is 3.22. The zero-order chi connectivity index (χ0) is 22.0. The van der Waals surface area contributed by atoms with E-state index in [1.807, 2.05) is 0 Å². The van der Waals surface area contributed by atoms with Gasteiger partial charge in [0, 0.05) is 12.6 Å². The van der Waals surface area contributed by atoms with Crippen LogP contribution in [0.2, 0.25) is 5.02 Å². The van der Waals surface area contributed by atoms with E-state index in [0.29, 0.717) is 24.1 Å². The van der Waals surface area contributed by atoms with Gasteiger partial charge in [-0.1, -0.05) is 29.8 Å². The molecule has 0 spiro atoms. The van der Waals surface area contributed by atoms with Crippen LogP contribution in [0, 0.1) is 5.92 Å². The first kappa shape index (κ1) is 22.2. The number of nitrogens with one attached hydrogen (secondary N) is 3. The molecule has 31 heavy (non-hydrogen) atoms. The number of fused-ring (bicyclic) bond motifs is 1. The first-order valence-corrected chi connectivity index (χ1v) is 12.2. The summed E-state index contributed by atoms with van der Waals surface area (Å²) >= 11 is 6.09. The smallest absolute Gasteiger partial charge is 0.237 e. The van der Waals surface area contributed by atoms with Gasteiger partial charge in [0.15, 0.2) is 0 Å². The van der Waals surface area contributed by atoms with E-state index in [4.69, 9.17) is 11.6 Å². The van der Waals surface area contributed by atoms with Crippen molar-refractivity contribution in [2.45, 2.75) is 47.9 Å². The quantitative estimate of drug-likeness (QED) is 0.518. The Kier molecular flexibility index (Phi) is 6.64. The van der Waals surface area contributed by atoms with Crippen molar-refractivity contribution in [3.05, 3.63) is 58.6 Å². The van der Waals surface area contributed by atoms with Crippen molar-refractivity contribution in [3.8, 4) is 0 Å². The molecule has 0 aromatic heterocycles. The first-order valence-electron chi connectivity index (χ1n) is 10.4. The van der Waals surface area contributed by atoms with Crippen molar-refractivity contribution in [2.75, 3.05) is 13.1 Å². The number of halogens is 1. The molecule has 2 aliphatic rings. The summed E-state index contributed by atoms with van der Waals surface area (Å²) in [5, 5.41) is 19.1. The van der Waals surface area contributed by atoms with E-state index in [1.54, 1.807) is 18.2 Å². The molecule has 0 aliphatic carbocycles. The molecule has 4 rings (SSSR count). The van der Waals surface area contributed by atoms with Gasteiger partial charge in [-0.3, -0.25) is 4.79 Å². The molecule has 2 aromatic rings. The lowest BCUT2D eigenvalue weighted by molar-refractivity contribution is -0.123. The summed E-state index contributed by atoms with van der Waals surface area (Å²) in [7, 11) is -3.82. The molecule has 2 aromatic carbocycles. The van der Waals surface area contributed by atoms with Crippen LogP contribution in [0.3, 0.4) is 0 Å². The van der Waals surface area contributed by atoms with Gasteiger partial charge < -0.3 is 21.1 Å². The van der Waals surface area contributed by atoms with Crippen LogP contribution in [0.25, 0.3) is 0 Å². The summed E-state index contributed by atoms with van der Waals surface area (Å²) in [5.74, 6) is 0.462. The number of aliphatic hydroxyl groups excluding tert-OH is 1. The largest absolute Gasteiger partial charge is 0.392 e. The number of rotatable bonds is 6. The third kappa shape index (κ3) is 4.78. The van der Waals surface area contributed by atoms with Crippen LogP contribution in [-0.4, -0.2) is 44.6 Å². The van der Waals surface area contributed by atoms with Gasteiger partial charge in [-0.15, -0.1) is 0 Å². The van der Waals surface area contributed by atoms with Crippen LogP contribution < -0.4 is 16.0 Å². The Morgan fingerprint density at radius 1 is 1.16 bits per heavy atom. The summed E-state index contributed by atoms with van der Waals surface area (Å²) in [6, 6.07) is 11.0. The maximum atomic E-state index is 12.9. The maximum absolute atomic E-state index is 12.9. The molecule has 3 unspecified atom stereocenters. The monoisotopic (exact) mass is 463 g/mol. The number of hydrogen-bond donors (Lipinski definition) is 4. The Bertz CT molecular complexity index is 1040. The molecule has 4 N–H and O–H groups in total. The van der Waals surface area contributed by atoms with E-state index < -0.39 is 9.84 Å². The minimum absolute atomic E-state index is 0.0290. The van der Waals surface area contributed by atoms with Crippen molar-refractivity contribution >= 4 is 27.3 Å². The van der Waals surface area contributed by atoms with E-state index >= 15 is 0 Å². The van der Waals surface area contributed by atoms with E-state index in [1.165, 1.54) is 24.3 Å². The number of benzene rings is 2. The van der Waals surface area contributed by atoms with E-state index in [9.17, 15) is 18.3 Å². The Morgan fingerprint density at radius 2 is 1.90 bits per heavy atom. The van der Waals surface area contributed by atoms with Crippen LogP contribution in [0.5, 0.6) is 0 Å². The third-order valence-corrected chi connectivity index (χ3v) is 8.30. The fourth-order valence-corrected chi connectivity index (χ4v) is 6.08. The second-order valence-corrected chi connectivity index (χ2v) is 10.4. The molecule has 2 fully saturated rings. The Hall–Kier alpha value is -1.97. The van der Waals surface area contributed by atoms with Gasteiger partial charge in [-0.25, -0.2) is 8.42 Å². The Labute approximate surface area is 187 Å². The average molecular weight is 464 g/mol. The lowest BCUT2D eigenvalue weighted by atomic mass is 9.94. The molecule has 166 valence electrons. The number of aliphatic hydroxyl groups is 1. The summed E-state index contributed by atoms with van der Waals surface area (Å²) in [5.41, 5.74) is 1.28. The van der Waals surface area contributed by atoms with E-state index in [2.05, 4.69) is 16.0 Å². The highest BCUT2D eigenvalue weighted by Gasteiger charge is 2.38. The van der Waals surface area contributed by atoms with Crippen LogP contribution in [-0.2, 0) is 27.8 Å². The standard InChI is InChI=1S/C22H26ClN3O4S/c23-18-6-3-15(13-27)9-21(18)31(29,30)17-4-1-14(2-5-17)11-25-22(28)20-10-16-12-24-8-7-19(16)26-20/h1-6,9,16,19-20,24,26-27H,7-8,10-13H2,(H,25,28). The topological polar surface area (TPSA) is 108 Å². The van der Waals surface area contributed by atoms with E-state index in [-0.39, 0.29) is 33.4 Å². The van der Waals surface area contributed by atoms with E-state index in [0.717, 1.165) is 31.5 Å². The SMILES string of the molecule is O=C(NCc1ccc(S(=O)(=O)c2cc(CO)ccc2Cl)cc1)C1CC2CNCCC2N1. The van der Waals surface area contributed by atoms with Crippen molar-refractivity contribution in [2.24, 2.45) is 5.92 Å². The molecular weight excluding hydrogens is 438 g/mol. The molecule has 2 saturated heterocycles. The highest BCUT2D eigenvalue weighted by Crippen LogP contribution is 2.29. The predicted octanol–water partition coefficient (Wildman–Crippen LogP) is 1.62. The maximum Gasteiger partial charge on any atom is 0.237 e. The number of piperidine rings is 1. The van der Waals surface area contributed by atoms with Crippen LogP contribution >= 0.6 is 11.6 Å². The third-order valence-electron chi connectivity index (χ3n) is 6.05. The Balaban J connectivity index is 1.40. The summed E-state index contributed by atoms with van der Waals surface area (Å²) in [6.45, 7) is 1.98. The minimum atomic E-state index is -3.82. The highest BCUT2D eigenvalue weighted by atomic mass is 35.5. The van der Waals surface area contributed by atoms with Gasteiger partial charge in [0.2, 0.25) is 15.7 Å². The first-order chi connectivity index (χ1) is 14.9. The van der Waals surface area contributed by atoms with Gasteiger partial charge in [-0.05, 0) is 67.2 Å². The van der Waals surface area contributed by atoms with Gasteiger partial charge in [-0.2, -0.15) is 0 Å². The second-order valence-electron chi connectivity index (χ2n) is 8.10. The normalized spacial score (nSPS) is 23.4. The molecule has 0 saturated carbocycles. The van der Waals surface area contributed by atoms with Crippen molar-refractivity contribution < 1.29 is 18.3 Å². The number of hydrogen-bond acceptors (Lipinski definition) is 6. The molecule has 1 amide bonds. The van der Waals surface area contributed by atoms with Crippen molar-refractivity contribution in [3.63, 3.8) is 0 Å². The van der Waals surface area contributed by atoms with Gasteiger partial charge in [0.05, 0.1) is 27.5 Å². The van der Waals surface area contributed by atoms with Gasteiger partial charge in [0.1, 0.15) is 0 Å². The summed E-state index contributed by atoms with van der Waals surface area (Å²) in [4.78, 5) is 12.6. The molecule has 9 heteroatoms. The fraction of sp³-hybridized carbons (Fsp3) is 0.409. The summed E-state index contributed by atoms with van der Waals surface area (Å²) < 4.78 is 25.9. The second kappa shape index (κ2) is 9.26. The van der Waals surface area contributed by atoms with Crippen LogP contribution in [0.15, 0.2) is 52.3 Å². The van der Waals surface area contributed by atoms with Gasteiger partial charge >= 0.3 is 0 Å². The predicted molar refractivity (Wildman–Crippen MR) is 117 cm³/mol. The van der Waals surface area contributed by atoms with Gasteiger partial charge in [0.25, 0.3) is 0 Å². The molecule has 2 heterocycles. The van der Waals surface area contributed by atoms with Crippen LogP contribution in [0.4, 0.5) is 0 Å². The lowest BCUT2D eigenvalue weighted by Crippen LogP contribution is -2.45. The minimum Gasteiger partial charge on any atom is -0.392 e. The zero-order valence-corrected chi connectivity index (χ0v) is 18.5. The summed E-state index contributed by atoms with van der Waals surface area (Å²) in [6.07, 6.45) is 1.87. The number of carbonyl (C=O) groups excluding carboxylic acids is 1. The zero-order valence-electron chi connectivity index (χ0n) is 17.0. The molecule has 3 atom stereocenters. The molecule has 7 nitrogen and oxygen atoms in total. The molecular formula is C22H26ClN3O4S. The molecule has 2 aliphatic heterocycles. The van der Waals surface area contributed by atoms with Crippen molar-refractivity contribution in [1.29, 1.82) is 0 Å². The lowest BCUT2D eigenvalue weighted by Gasteiger charge is -2.25.